The van der Waals surface area contributed by atoms with Crippen molar-refractivity contribution in [1.82, 2.24) is 19.5 Å². The number of hydrogen-bond acceptors (Lipinski definition) is 5. The monoisotopic (exact) mass is 921 g/mol. The summed E-state index contributed by atoms with van der Waals surface area (Å²) < 4.78 is 4.38. The van der Waals surface area contributed by atoms with E-state index in [1.165, 1.54) is 10.1 Å². The van der Waals surface area contributed by atoms with Gasteiger partial charge < -0.3 is 9.47 Å². The highest BCUT2D eigenvalue weighted by Crippen LogP contribution is 2.52. The smallest absolute Gasteiger partial charge is 0.165 e. The quantitative estimate of drug-likeness (QED) is 0.197. The van der Waals surface area contributed by atoms with Crippen molar-refractivity contribution in [2.45, 2.75) is 12.0 Å². The molecule has 5 nitrogen and oxygen atoms in total. The number of aromatic nitrogens is 4. The van der Waals surface area contributed by atoms with E-state index in [1.807, 2.05) is 36.4 Å². The molecule has 1 aliphatic heterocycles. The van der Waals surface area contributed by atoms with Crippen LogP contribution in [0.3, 0.4) is 0 Å². The molecule has 0 saturated carbocycles. The molecule has 0 fully saturated rings. The van der Waals surface area contributed by atoms with E-state index in [4.69, 9.17) is 93.4 Å². The first-order valence-corrected chi connectivity index (χ1v) is 24.4. The van der Waals surface area contributed by atoms with E-state index >= 15 is 0 Å². The zero-order chi connectivity index (χ0) is 49.9. The molecular formula is C57H25B10N5S. The summed E-state index contributed by atoms with van der Waals surface area (Å²) in [5.74, 6) is 1.58. The Balaban J connectivity index is 0.974. The standard InChI is InChI=1S/C57H25B10N5S/c58-41-35-36(42(59)46(63)45(41)62)38-40-39-37(35)43(60)47(64)49(66)52(39)72(53(40)50(67)48(65)44(38)61)33-18-9-14-29-27-12-4-6-17-32(27)71(51(29)33)26-22-20-25(21-23-26)56-68-55(24-10-2-1-3-11-24)69-57(70-56)31-16-8-15-30-28-13-5-7-19-34(28)73-54(30)31/h1-23,29,51H. The van der Waals surface area contributed by atoms with E-state index < -0.39 is 0 Å². The summed E-state index contributed by atoms with van der Waals surface area (Å²) in [7, 11) is 69.0. The first-order valence-electron chi connectivity index (χ1n) is 23.6. The van der Waals surface area contributed by atoms with Gasteiger partial charge in [-0.15, -0.1) is 33.2 Å². The summed E-state index contributed by atoms with van der Waals surface area (Å²) in [6.45, 7) is 0. The Morgan fingerprint density at radius 2 is 0.959 bits per heavy atom. The molecule has 9 aromatic carbocycles. The maximum absolute atomic E-state index is 7.18. The fourth-order valence-corrected chi connectivity index (χ4v) is 12.9. The van der Waals surface area contributed by atoms with Gasteiger partial charge in [-0.3, -0.25) is 0 Å². The molecule has 0 amide bonds. The number of allylic oxidation sites excluding steroid dienone is 2. The second-order valence-corrected chi connectivity index (χ2v) is 19.8. The predicted molar refractivity (Wildman–Crippen MR) is 317 cm³/mol. The Morgan fingerprint density at radius 1 is 0.438 bits per heavy atom. The van der Waals surface area contributed by atoms with Gasteiger partial charge in [0.15, 0.2) is 17.5 Å². The Morgan fingerprint density at radius 3 is 1.60 bits per heavy atom. The summed E-state index contributed by atoms with van der Waals surface area (Å²) in [6, 6.07) is 41.2. The number of nitrogens with zero attached hydrogens (tertiary/aromatic N) is 5. The number of hydrogen-bond donors (Lipinski definition) is 0. The van der Waals surface area contributed by atoms with Crippen molar-refractivity contribution in [3.63, 3.8) is 0 Å². The lowest BCUT2D eigenvalue weighted by atomic mass is 9.60. The fourth-order valence-electron chi connectivity index (χ4n) is 11.7. The molecule has 20 radical (unpaired) electrons. The zero-order valence-electron chi connectivity index (χ0n) is 38.9. The number of anilines is 2. The third-order valence-corrected chi connectivity index (χ3v) is 16.3. The lowest BCUT2D eigenvalue weighted by Crippen LogP contribution is -2.49. The molecule has 2 atom stereocenters. The molecule has 2 aliphatic rings. The average Bonchev–Trinajstić information content (AvgIpc) is 4.10. The molecule has 3 aromatic heterocycles. The minimum atomic E-state index is -0.366. The number of para-hydroxylation sites is 1. The molecule has 16 heteroatoms. The van der Waals surface area contributed by atoms with Gasteiger partial charge in [-0.2, -0.15) is 0 Å². The van der Waals surface area contributed by atoms with Crippen LogP contribution in [-0.2, 0) is 0 Å². The average molecular weight is 920 g/mol. The normalized spacial score (nSPS) is 15.4. The van der Waals surface area contributed by atoms with Crippen LogP contribution in [0.25, 0.3) is 103 Å². The van der Waals surface area contributed by atoms with Gasteiger partial charge in [0.25, 0.3) is 0 Å². The van der Waals surface area contributed by atoms with Crippen LogP contribution >= 0.6 is 11.3 Å². The molecule has 0 bridgehead atoms. The highest BCUT2D eigenvalue weighted by molar-refractivity contribution is 7.26. The summed E-state index contributed by atoms with van der Waals surface area (Å²) in [5, 5.41) is 5.48. The van der Waals surface area contributed by atoms with Gasteiger partial charge in [0.05, 0.1) is 6.04 Å². The second kappa shape index (κ2) is 16.1. The van der Waals surface area contributed by atoms with Crippen LogP contribution in [0.5, 0.6) is 0 Å². The van der Waals surface area contributed by atoms with E-state index in [1.54, 1.807) is 11.3 Å². The summed E-state index contributed by atoms with van der Waals surface area (Å²) >= 11 is 1.74. The molecule has 1 aliphatic carbocycles. The molecule has 0 N–H and O–H groups in total. The van der Waals surface area contributed by atoms with Crippen molar-refractivity contribution >= 4 is 225 Å². The van der Waals surface area contributed by atoms with E-state index in [9.17, 15) is 0 Å². The number of fused-ring (bicyclic) bond motifs is 9. The van der Waals surface area contributed by atoms with Crippen molar-refractivity contribution in [2.75, 3.05) is 4.90 Å². The Kier molecular flexibility index (Phi) is 9.80. The third-order valence-electron chi connectivity index (χ3n) is 15.1. The number of rotatable bonds is 5. The van der Waals surface area contributed by atoms with Gasteiger partial charge in [-0.05, 0) is 75.6 Å². The summed E-state index contributed by atoms with van der Waals surface area (Å²) in [6.07, 6.45) is 6.34. The first-order chi connectivity index (χ1) is 35.4. The largest absolute Gasteiger partial charge is 0.331 e. The van der Waals surface area contributed by atoms with Gasteiger partial charge in [0.1, 0.15) is 78.5 Å². The van der Waals surface area contributed by atoms with Crippen molar-refractivity contribution < 1.29 is 0 Å². The van der Waals surface area contributed by atoms with E-state index in [0.717, 1.165) is 49.4 Å². The maximum Gasteiger partial charge on any atom is 0.165 e. The molecule has 2 unspecified atom stereocenters. The lowest BCUT2D eigenvalue weighted by molar-refractivity contribution is 0.735. The topological polar surface area (TPSA) is 46.8 Å². The molecule has 14 rings (SSSR count). The van der Waals surface area contributed by atoms with Crippen LogP contribution in [0.1, 0.15) is 11.5 Å². The zero-order valence-corrected chi connectivity index (χ0v) is 39.7. The van der Waals surface area contributed by atoms with Crippen LogP contribution in [0.15, 0.2) is 140 Å². The minimum Gasteiger partial charge on any atom is -0.331 e. The second-order valence-electron chi connectivity index (χ2n) is 18.8. The maximum atomic E-state index is 7.18. The summed E-state index contributed by atoms with van der Waals surface area (Å²) in [5.41, 5.74) is 9.34. The van der Waals surface area contributed by atoms with Gasteiger partial charge in [0.2, 0.25) is 0 Å². The van der Waals surface area contributed by atoms with Crippen LogP contribution in [-0.4, -0.2) is 104 Å². The first kappa shape index (κ1) is 44.4. The minimum absolute atomic E-state index is 0.103. The number of thiophene rings is 1. The van der Waals surface area contributed by atoms with E-state index in [2.05, 4.69) is 113 Å². The highest BCUT2D eigenvalue weighted by Gasteiger charge is 2.43. The fraction of sp³-hybridized carbons (Fsp3) is 0.0351. The van der Waals surface area contributed by atoms with Crippen molar-refractivity contribution in [3.8, 4) is 34.2 Å². The van der Waals surface area contributed by atoms with Crippen LogP contribution in [0.4, 0.5) is 11.4 Å². The molecule has 12 aromatic rings. The Bertz CT molecular complexity index is 4360. The highest BCUT2D eigenvalue weighted by atomic mass is 32.1. The lowest BCUT2D eigenvalue weighted by Gasteiger charge is -2.35. The van der Waals surface area contributed by atoms with E-state index in [0.29, 0.717) is 60.8 Å². The van der Waals surface area contributed by atoms with Crippen molar-refractivity contribution in [3.05, 3.63) is 145 Å². The molecule has 73 heavy (non-hydrogen) atoms. The molecule has 314 valence electrons. The Hall–Kier alpha value is -7.28. The number of benzene rings is 9. The third kappa shape index (κ3) is 6.07. The predicted octanol–water partition coefficient (Wildman–Crippen LogP) is 2.75. The van der Waals surface area contributed by atoms with Crippen molar-refractivity contribution in [2.24, 2.45) is 0 Å². The molecular weight excluding hydrogens is 895 g/mol. The van der Waals surface area contributed by atoms with Gasteiger partial charge in [-0.25, -0.2) is 15.0 Å². The van der Waals surface area contributed by atoms with E-state index in [-0.39, 0.29) is 66.6 Å². The SMILES string of the molecule is [B]c1c([B])c([B])c2c(c1[B])c1c([B])c([B])c([B])c3c1c1c2c([B])c([B])c([B])c1n3C1=CC=CC2c3ccccc3N(c3ccc(-c4nc(-c5ccccc5)nc(-c5cccc6c5sc5ccccc56)n4)cc3)C12. The molecule has 0 spiro atoms. The Labute approximate surface area is 438 Å². The van der Waals surface area contributed by atoms with Crippen molar-refractivity contribution in [1.29, 1.82) is 0 Å². The van der Waals surface area contributed by atoms with Gasteiger partial charge >= 0.3 is 0 Å². The van der Waals surface area contributed by atoms with Gasteiger partial charge in [-0.1, -0.05) is 124 Å². The molecule has 0 saturated heterocycles. The van der Waals surface area contributed by atoms with Crippen LogP contribution in [0, 0.1) is 0 Å². The summed E-state index contributed by atoms with van der Waals surface area (Å²) in [4.78, 5) is 17.8. The molecule has 4 heterocycles. The van der Waals surface area contributed by atoms with Crippen LogP contribution in [0.2, 0.25) is 0 Å². The van der Waals surface area contributed by atoms with Crippen LogP contribution < -0.4 is 59.5 Å². The van der Waals surface area contributed by atoms with Gasteiger partial charge in [0, 0.05) is 81.7 Å².